The maximum atomic E-state index is 16.7. The number of rotatable bonds is 27. The van der Waals surface area contributed by atoms with Gasteiger partial charge in [-0.25, -0.2) is 4.39 Å². The Labute approximate surface area is 260 Å². The van der Waals surface area contributed by atoms with Crippen molar-refractivity contribution in [1.29, 1.82) is 0 Å². The van der Waals surface area contributed by atoms with Crippen molar-refractivity contribution in [3.8, 4) is 0 Å². The van der Waals surface area contributed by atoms with Gasteiger partial charge in [0.05, 0.1) is 13.2 Å². The molecule has 17 heteroatoms. The molecule has 0 aliphatic heterocycles. The second kappa shape index (κ2) is 19.9. The van der Waals surface area contributed by atoms with Gasteiger partial charge in [0.1, 0.15) is 0 Å². The molecule has 0 aromatic heterocycles. The lowest BCUT2D eigenvalue weighted by atomic mass is 10.1. The molecule has 0 aromatic carbocycles. The van der Waals surface area contributed by atoms with Crippen LogP contribution in [0.2, 0.25) is 57.4 Å². The largest absolute Gasteiger partial charge is 0.500 e. The van der Waals surface area contributed by atoms with Gasteiger partial charge in [0.15, 0.2) is 8.32 Å². The zero-order chi connectivity index (χ0) is 32.6. The Hall–Kier alpha value is 0.574. The van der Waals surface area contributed by atoms with Crippen LogP contribution in [0.25, 0.3) is 0 Å². The summed E-state index contributed by atoms with van der Waals surface area (Å²) in [5.41, 5.74) is 0. The minimum Gasteiger partial charge on any atom is -0.436 e. The Morgan fingerprint density at radius 1 is 0.524 bits per heavy atom. The highest BCUT2D eigenvalue weighted by Crippen LogP contribution is 2.35. The van der Waals surface area contributed by atoms with Crippen molar-refractivity contribution in [3.63, 3.8) is 0 Å². The van der Waals surface area contributed by atoms with E-state index in [-0.39, 0.29) is 12.8 Å². The van der Waals surface area contributed by atoms with Crippen LogP contribution in [0.4, 0.5) is 4.39 Å². The van der Waals surface area contributed by atoms with Crippen LogP contribution in [-0.4, -0.2) is 118 Å². The van der Waals surface area contributed by atoms with Crippen LogP contribution in [0.15, 0.2) is 0 Å². The summed E-state index contributed by atoms with van der Waals surface area (Å²) in [5, 5.41) is 0. The molecule has 0 radical (unpaired) electrons. The lowest BCUT2D eigenvalue weighted by molar-refractivity contribution is -0.0963. The standard InChI is InChI=1S/C25H61FO11Si5/c1-27-20-21-34-19-16-22-38(8,9)36-40(12,13)37-39(10,11)35-25(26,17-14-23-41(28-2,29-3)30-4)18-15-24-42(31-5,32-6)33-7/h14-24H2,1-13H3. The van der Waals surface area contributed by atoms with Gasteiger partial charge in [0.2, 0.25) is 5.85 Å². The van der Waals surface area contributed by atoms with Gasteiger partial charge in [0, 0.05) is 81.3 Å². The number of hydrogen-bond acceptors (Lipinski definition) is 11. The van der Waals surface area contributed by atoms with E-state index >= 15 is 4.39 Å². The molecule has 0 N–H and O–H groups in total. The van der Waals surface area contributed by atoms with Crippen molar-refractivity contribution in [2.75, 3.05) is 69.6 Å². The molecule has 0 rings (SSSR count). The van der Waals surface area contributed by atoms with Gasteiger partial charge in [-0.1, -0.05) is 0 Å². The van der Waals surface area contributed by atoms with Crippen LogP contribution < -0.4 is 0 Å². The Bertz CT molecular complexity index is 672. The van der Waals surface area contributed by atoms with Crippen LogP contribution in [0.3, 0.4) is 0 Å². The second-order valence-electron chi connectivity index (χ2n) is 11.8. The van der Waals surface area contributed by atoms with Crippen LogP contribution >= 0.6 is 0 Å². The summed E-state index contributed by atoms with van der Waals surface area (Å²) in [7, 11) is -2.42. The third-order valence-electron chi connectivity index (χ3n) is 6.87. The van der Waals surface area contributed by atoms with Crippen molar-refractivity contribution >= 4 is 43.0 Å². The molecule has 0 aliphatic carbocycles. The Balaban J connectivity index is 5.52. The number of methoxy groups -OCH3 is 1. The average Bonchev–Trinajstić information content (AvgIpc) is 2.90. The summed E-state index contributed by atoms with van der Waals surface area (Å²) >= 11 is 0. The smallest absolute Gasteiger partial charge is 0.436 e. The lowest BCUT2D eigenvalue weighted by Gasteiger charge is -2.41. The van der Waals surface area contributed by atoms with E-state index in [0.717, 1.165) is 12.5 Å². The SMILES string of the molecule is COCCOCCC[Si](C)(C)O[Si](C)(C)O[Si](C)(C)OC(F)(CCC[Si](OC)(OC)OC)CCC[Si](OC)(OC)OC. The fourth-order valence-electron chi connectivity index (χ4n) is 5.11. The van der Waals surface area contributed by atoms with E-state index in [2.05, 4.69) is 13.1 Å². The summed E-state index contributed by atoms with van der Waals surface area (Å²) in [6.07, 6.45) is 2.07. The first kappa shape index (κ1) is 42.6. The normalized spacial score (nSPS) is 14.1. The van der Waals surface area contributed by atoms with Gasteiger partial charge in [-0.05, 0) is 64.6 Å². The van der Waals surface area contributed by atoms with Gasteiger partial charge >= 0.3 is 34.7 Å². The molecule has 0 aromatic rings. The molecule has 254 valence electrons. The molecular formula is C25H61FO11Si5. The average molecular weight is 697 g/mol. The summed E-state index contributed by atoms with van der Waals surface area (Å²) in [4.78, 5) is 0. The van der Waals surface area contributed by atoms with E-state index < -0.39 is 48.9 Å². The monoisotopic (exact) mass is 696 g/mol. The highest BCUT2D eigenvalue weighted by molar-refractivity contribution is 6.86. The molecule has 0 spiro atoms. The molecule has 0 saturated carbocycles. The first-order chi connectivity index (χ1) is 19.5. The predicted octanol–water partition coefficient (Wildman–Crippen LogP) is 5.68. The molecular weight excluding hydrogens is 636 g/mol. The van der Waals surface area contributed by atoms with Crippen molar-refractivity contribution in [2.45, 2.75) is 95.4 Å². The molecule has 0 aliphatic rings. The molecule has 0 heterocycles. The molecule has 0 amide bonds. The molecule has 11 nitrogen and oxygen atoms in total. The Kier molecular flexibility index (Phi) is 20.2. The summed E-state index contributed by atoms with van der Waals surface area (Å²) < 4.78 is 80.2. The van der Waals surface area contributed by atoms with E-state index in [0.29, 0.717) is 44.8 Å². The predicted molar refractivity (Wildman–Crippen MR) is 173 cm³/mol. The van der Waals surface area contributed by atoms with Crippen molar-refractivity contribution in [2.24, 2.45) is 0 Å². The molecule has 0 unspecified atom stereocenters. The highest BCUT2D eigenvalue weighted by atomic mass is 28.5. The van der Waals surface area contributed by atoms with Crippen molar-refractivity contribution in [1.82, 2.24) is 0 Å². The van der Waals surface area contributed by atoms with Gasteiger partial charge < -0.3 is 48.7 Å². The summed E-state index contributed by atoms with van der Waals surface area (Å²) in [6, 6.07) is 1.85. The van der Waals surface area contributed by atoms with Crippen molar-refractivity contribution < 1.29 is 53.1 Å². The van der Waals surface area contributed by atoms with E-state index in [9.17, 15) is 0 Å². The van der Waals surface area contributed by atoms with Gasteiger partial charge in [-0.15, -0.1) is 0 Å². The fourth-order valence-corrected chi connectivity index (χ4v) is 21.8. The van der Waals surface area contributed by atoms with E-state index in [1.165, 1.54) is 0 Å². The molecule has 0 fully saturated rings. The third-order valence-corrected chi connectivity index (χ3v) is 23.1. The zero-order valence-corrected chi connectivity index (χ0v) is 33.6. The minimum atomic E-state index is -2.99. The Morgan fingerprint density at radius 3 is 1.38 bits per heavy atom. The lowest BCUT2D eigenvalue weighted by Crippen LogP contribution is -2.55. The highest BCUT2D eigenvalue weighted by Gasteiger charge is 2.47. The second-order valence-corrected chi connectivity index (χ2v) is 29.4. The first-order valence-corrected chi connectivity index (χ1v) is 27.2. The van der Waals surface area contributed by atoms with Crippen LogP contribution in [0, 0.1) is 0 Å². The Morgan fingerprint density at radius 2 is 0.976 bits per heavy atom. The topological polar surface area (TPSA) is 102 Å². The number of ether oxygens (including phenoxy) is 2. The maximum Gasteiger partial charge on any atom is 0.500 e. The van der Waals surface area contributed by atoms with E-state index in [1.807, 2.05) is 26.2 Å². The fraction of sp³-hybridized carbons (Fsp3) is 1.00. The maximum absolute atomic E-state index is 16.7. The molecule has 42 heavy (non-hydrogen) atoms. The quantitative estimate of drug-likeness (QED) is 0.0783. The molecule has 0 bridgehead atoms. The van der Waals surface area contributed by atoms with Gasteiger partial charge in [-0.2, -0.15) is 0 Å². The van der Waals surface area contributed by atoms with E-state index in [1.54, 1.807) is 49.8 Å². The number of hydrogen-bond donors (Lipinski definition) is 0. The van der Waals surface area contributed by atoms with Crippen molar-refractivity contribution in [3.05, 3.63) is 0 Å². The summed E-state index contributed by atoms with van der Waals surface area (Å²) in [5.74, 6) is -1.95. The first-order valence-electron chi connectivity index (χ1n) is 14.6. The zero-order valence-electron chi connectivity index (χ0n) is 28.6. The molecule has 0 saturated heterocycles. The van der Waals surface area contributed by atoms with Gasteiger partial charge in [0.25, 0.3) is 0 Å². The van der Waals surface area contributed by atoms with Gasteiger partial charge in [-0.3, -0.25) is 0 Å². The van der Waals surface area contributed by atoms with E-state index in [4.69, 9.17) is 48.7 Å². The minimum absolute atomic E-state index is 0.130. The molecule has 0 atom stereocenters. The summed E-state index contributed by atoms with van der Waals surface area (Å²) in [6.45, 7) is 14.0. The number of halogens is 1. The van der Waals surface area contributed by atoms with Crippen LogP contribution in [0.1, 0.15) is 32.1 Å². The third kappa shape index (κ3) is 16.8. The number of alkyl halides is 1. The van der Waals surface area contributed by atoms with Crippen LogP contribution in [-0.2, 0) is 48.7 Å². The van der Waals surface area contributed by atoms with Crippen LogP contribution in [0.5, 0.6) is 0 Å².